The predicted octanol–water partition coefficient (Wildman–Crippen LogP) is 5.59. The Balaban J connectivity index is 1.21. The van der Waals surface area contributed by atoms with Crippen LogP contribution in [0.5, 0.6) is 5.88 Å². The quantitative estimate of drug-likeness (QED) is 0.271. The number of cyclic esters (lactones) is 1. The second-order valence-electron chi connectivity index (χ2n) is 15.9. The highest BCUT2D eigenvalue weighted by molar-refractivity contribution is 7.90. The number of rotatable bonds is 8. The third kappa shape index (κ3) is 7.77. The van der Waals surface area contributed by atoms with E-state index in [0.717, 1.165) is 67.7 Å². The molecular weight excluding hydrogens is 683 g/mol. The number of nitrogens with one attached hydrogen (secondary N) is 1. The third-order valence-corrected chi connectivity index (χ3v) is 13.9. The lowest BCUT2D eigenvalue weighted by atomic mass is 9.77. The van der Waals surface area contributed by atoms with Gasteiger partial charge >= 0.3 is 5.97 Å². The average Bonchev–Trinajstić information content (AvgIpc) is 4.06. The SMILES string of the molecule is C=C[C@@H]1C[C@]1(CC(=O)[C@@H]1C[C@@H]2CN1C(=O)[C@H](C1CCCCC1)CC(=O)O[C@H](C)CCCCc1ccc3ccnc(c3c1)O2)C(=O)NS(=O)(=O)C1CC1. The van der Waals surface area contributed by atoms with Crippen LogP contribution in [0.3, 0.4) is 0 Å². The van der Waals surface area contributed by atoms with E-state index in [2.05, 4.69) is 28.4 Å². The molecule has 4 fully saturated rings. The van der Waals surface area contributed by atoms with E-state index < -0.39 is 50.6 Å². The van der Waals surface area contributed by atoms with E-state index in [4.69, 9.17) is 9.47 Å². The fraction of sp³-hybridized carbons (Fsp3) is 0.625. The number of benzene rings is 1. The first-order chi connectivity index (χ1) is 25.0. The molecule has 0 unspecified atom stereocenters. The molecule has 1 N–H and O–H groups in total. The highest BCUT2D eigenvalue weighted by atomic mass is 32.2. The number of fused-ring (bicyclic) bond motifs is 3. The van der Waals surface area contributed by atoms with Gasteiger partial charge in [0.05, 0.1) is 41.7 Å². The summed E-state index contributed by atoms with van der Waals surface area (Å²) in [5, 5.41) is 1.24. The largest absolute Gasteiger partial charge is 0.472 e. The van der Waals surface area contributed by atoms with Gasteiger partial charge in [0.25, 0.3) is 0 Å². The number of Topliss-reactive ketones (excluding diaryl/α,β-unsaturated/α-hetero) is 1. The number of aromatic nitrogens is 1. The lowest BCUT2D eigenvalue weighted by Crippen LogP contribution is -2.48. The Kier molecular flexibility index (Phi) is 10.5. The molecule has 2 amide bonds. The molecule has 5 aliphatic rings. The van der Waals surface area contributed by atoms with Crippen LogP contribution in [0.15, 0.2) is 43.1 Å². The molecule has 7 rings (SSSR count). The maximum atomic E-state index is 14.8. The van der Waals surface area contributed by atoms with Gasteiger partial charge in [-0.2, -0.15) is 0 Å². The number of aryl methyl sites for hydroxylation is 1. The lowest BCUT2D eigenvalue weighted by Gasteiger charge is -2.34. The molecule has 6 atom stereocenters. The number of allylic oxidation sites excluding steroid dienone is 1. The van der Waals surface area contributed by atoms with Gasteiger partial charge in [-0.15, -0.1) is 6.58 Å². The van der Waals surface area contributed by atoms with Crippen molar-refractivity contribution in [3.05, 3.63) is 48.7 Å². The number of ether oxygens (including phenoxy) is 2. The van der Waals surface area contributed by atoms with Gasteiger partial charge < -0.3 is 14.4 Å². The van der Waals surface area contributed by atoms with Gasteiger partial charge in [0.1, 0.15) is 6.10 Å². The Morgan fingerprint density at radius 2 is 1.81 bits per heavy atom. The molecule has 1 aromatic heterocycles. The standard InChI is InChI=1S/C40H51N3O8S/c1-3-29-22-40(29,39(47)42-52(48,49)31-15-16-31)23-35(44)34-20-30-24-43(34)38(46)33(27-11-5-4-6-12-27)21-36(45)50-25(2)9-7-8-10-26-13-14-28-17-18-41-37(51-30)32(28)19-26/h3,13-14,17-19,25,27,29-31,33-34H,1,4-12,15-16,20-24H2,2H3,(H,42,47)/t25-,29-,30-,33+,34+,40-/m1/s1. The number of esters is 1. The Hall–Kier alpha value is -3.80. The van der Waals surface area contributed by atoms with Crippen LogP contribution in [0.4, 0.5) is 0 Å². The molecule has 4 bridgehead atoms. The molecule has 2 aromatic rings. The van der Waals surface area contributed by atoms with E-state index in [1.807, 2.05) is 19.1 Å². The number of amides is 2. The third-order valence-electron chi connectivity index (χ3n) is 12.1. The first-order valence-electron chi connectivity index (χ1n) is 19.2. The lowest BCUT2D eigenvalue weighted by molar-refractivity contribution is -0.155. The summed E-state index contributed by atoms with van der Waals surface area (Å²) in [6.45, 7) is 5.86. The summed E-state index contributed by atoms with van der Waals surface area (Å²) in [4.78, 5) is 62.5. The van der Waals surface area contributed by atoms with Gasteiger partial charge in [-0.1, -0.05) is 37.5 Å². The van der Waals surface area contributed by atoms with Crippen molar-refractivity contribution in [1.82, 2.24) is 14.6 Å². The summed E-state index contributed by atoms with van der Waals surface area (Å²) in [6.07, 6.45) is 11.6. The number of hydrogen-bond donors (Lipinski definition) is 1. The van der Waals surface area contributed by atoms with Crippen molar-refractivity contribution in [3.8, 4) is 5.88 Å². The van der Waals surface area contributed by atoms with Gasteiger partial charge in [0.15, 0.2) is 5.78 Å². The van der Waals surface area contributed by atoms with Gasteiger partial charge in [0, 0.05) is 24.4 Å². The van der Waals surface area contributed by atoms with Crippen molar-refractivity contribution in [2.45, 2.75) is 127 Å². The molecule has 3 aliphatic carbocycles. The van der Waals surface area contributed by atoms with E-state index in [1.54, 1.807) is 17.2 Å². The van der Waals surface area contributed by atoms with Crippen molar-refractivity contribution in [3.63, 3.8) is 0 Å². The predicted molar refractivity (Wildman–Crippen MR) is 195 cm³/mol. The second-order valence-corrected chi connectivity index (χ2v) is 17.9. The van der Waals surface area contributed by atoms with E-state index in [-0.39, 0.29) is 55.4 Å². The molecule has 11 nitrogen and oxygen atoms in total. The van der Waals surface area contributed by atoms with Crippen molar-refractivity contribution in [2.75, 3.05) is 6.54 Å². The molecule has 1 aromatic carbocycles. The van der Waals surface area contributed by atoms with Gasteiger partial charge in [-0.25, -0.2) is 13.4 Å². The molecule has 280 valence electrons. The second kappa shape index (κ2) is 14.9. The molecule has 0 spiro atoms. The number of carbonyl (C=O) groups is 4. The fourth-order valence-electron chi connectivity index (χ4n) is 8.81. The summed E-state index contributed by atoms with van der Waals surface area (Å²) in [6, 6.07) is 7.23. The molecular formula is C40H51N3O8S. The summed E-state index contributed by atoms with van der Waals surface area (Å²) in [7, 11) is -3.83. The van der Waals surface area contributed by atoms with Crippen LogP contribution >= 0.6 is 0 Å². The zero-order valence-electron chi connectivity index (χ0n) is 30.1. The number of sulfonamides is 1. The molecule has 1 saturated heterocycles. The topological polar surface area (TPSA) is 149 Å². The van der Waals surface area contributed by atoms with Crippen LogP contribution in [0, 0.1) is 23.2 Å². The normalized spacial score (nSPS) is 30.6. The Bertz CT molecular complexity index is 1840. The van der Waals surface area contributed by atoms with Crippen LogP contribution in [-0.2, 0) is 40.4 Å². The van der Waals surface area contributed by atoms with Crippen molar-refractivity contribution >= 4 is 44.4 Å². The first-order valence-corrected chi connectivity index (χ1v) is 20.8. The molecule has 3 heterocycles. The fourth-order valence-corrected chi connectivity index (χ4v) is 10.2. The van der Waals surface area contributed by atoms with E-state index in [1.165, 1.54) is 0 Å². The van der Waals surface area contributed by atoms with Crippen molar-refractivity contribution < 1.29 is 37.1 Å². The number of pyridine rings is 1. The summed E-state index contributed by atoms with van der Waals surface area (Å²) >= 11 is 0. The van der Waals surface area contributed by atoms with Gasteiger partial charge in [-0.05, 0) is 99.6 Å². The zero-order chi connectivity index (χ0) is 36.6. The van der Waals surface area contributed by atoms with Crippen molar-refractivity contribution in [1.29, 1.82) is 0 Å². The number of nitrogens with zero attached hydrogens (tertiary/aromatic N) is 2. The van der Waals surface area contributed by atoms with Crippen LogP contribution in [0.2, 0.25) is 0 Å². The van der Waals surface area contributed by atoms with Gasteiger partial charge in [0.2, 0.25) is 27.7 Å². The summed E-state index contributed by atoms with van der Waals surface area (Å²) < 4.78 is 40.2. The number of ketones is 1. The van der Waals surface area contributed by atoms with E-state index in [0.29, 0.717) is 31.6 Å². The molecule has 0 radical (unpaired) electrons. The smallest absolute Gasteiger partial charge is 0.306 e. The first kappa shape index (κ1) is 36.6. The average molecular weight is 734 g/mol. The van der Waals surface area contributed by atoms with Crippen molar-refractivity contribution in [2.24, 2.45) is 23.2 Å². The maximum Gasteiger partial charge on any atom is 0.306 e. The summed E-state index contributed by atoms with van der Waals surface area (Å²) in [5.74, 6) is -2.33. The monoisotopic (exact) mass is 733 g/mol. The number of carbonyl (C=O) groups excluding carboxylic acids is 4. The minimum absolute atomic E-state index is 0.0260. The highest BCUT2D eigenvalue weighted by Gasteiger charge is 2.61. The minimum atomic E-state index is -3.83. The molecule has 2 aliphatic heterocycles. The minimum Gasteiger partial charge on any atom is -0.472 e. The Labute approximate surface area is 306 Å². The Morgan fingerprint density at radius 3 is 2.54 bits per heavy atom. The van der Waals surface area contributed by atoms with Crippen LogP contribution in [0.25, 0.3) is 10.8 Å². The van der Waals surface area contributed by atoms with Crippen LogP contribution in [0.1, 0.15) is 102 Å². The molecule has 3 saturated carbocycles. The maximum absolute atomic E-state index is 14.8. The summed E-state index contributed by atoms with van der Waals surface area (Å²) in [5.41, 5.74) is -0.118. The Morgan fingerprint density at radius 1 is 1.04 bits per heavy atom. The highest BCUT2D eigenvalue weighted by Crippen LogP contribution is 2.57. The van der Waals surface area contributed by atoms with Crippen LogP contribution in [-0.4, -0.2) is 71.9 Å². The molecule has 52 heavy (non-hydrogen) atoms. The number of hydrogen-bond acceptors (Lipinski definition) is 9. The van der Waals surface area contributed by atoms with E-state index in [9.17, 15) is 27.6 Å². The zero-order valence-corrected chi connectivity index (χ0v) is 30.9. The van der Waals surface area contributed by atoms with E-state index >= 15 is 0 Å². The van der Waals surface area contributed by atoms with Gasteiger partial charge in [-0.3, -0.25) is 23.9 Å². The van der Waals surface area contributed by atoms with Crippen LogP contribution < -0.4 is 9.46 Å². The molecule has 12 heteroatoms.